The topological polar surface area (TPSA) is 46.6 Å². The Bertz CT molecular complexity index is 617. The van der Waals surface area contributed by atoms with E-state index in [1.807, 2.05) is 0 Å². The van der Waals surface area contributed by atoms with Crippen molar-refractivity contribution in [3.63, 3.8) is 0 Å². The van der Waals surface area contributed by atoms with E-state index >= 15 is 0 Å². The van der Waals surface area contributed by atoms with Crippen molar-refractivity contribution in [1.82, 2.24) is 4.31 Å². The molecule has 1 aromatic rings. The van der Waals surface area contributed by atoms with E-state index in [2.05, 4.69) is 0 Å². The molecule has 118 valence electrons. The zero-order valence-corrected chi connectivity index (χ0v) is 14.6. The lowest BCUT2D eigenvalue weighted by atomic mass is 10.2. The van der Waals surface area contributed by atoms with E-state index in [4.69, 9.17) is 39.5 Å². The third-order valence-corrected chi connectivity index (χ3v) is 6.36. The van der Waals surface area contributed by atoms with Crippen LogP contribution in [0.15, 0.2) is 17.0 Å². The van der Waals surface area contributed by atoms with Gasteiger partial charge in [-0.3, -0.25) is 0 Å². The number of sulfonamides is 1. The number of hydrogen-bond donors (Lipinski definition) is 0. The molecule has 2 rings (SSSR count). The lowest BCUT2D eigenvalue weighted by Crippen LogP contribution is -2.36. The molecule has 1 aromatic carbocycles. The Morgan fingerprint density at radius 1 is 1.29 bits per heavy atom. The molecular formula is C13H16Cl3NO3S. The first-order valence-corrected chi connectivity index (χ1v) is 9.19. The van der Waals surface area contributed by atoms with Crippen LogP contribution in [0.1, 0.15) is 18.4 Å². The average molecular weight is 373 g/mol. The molecule has 0 spiro atoms. The second-order valence-corrected chi connectivity index (χ2v) is 7.79. The molecule has 0 N–H and O–H groups in total. The molecule has 8 heteroatoms. The minimum atomic E-state index is -3.69. The number of ether oxygens (including phenoxy) is 1. The van der Waals surface area contributed by atoms with Crippen LogP contribution >= 0.6 is 34.8 Å². The van der Waals surface area contributed by atoms with Gasteiger partial charge >= 0.3 is 0 Å². The predicted octanol–water partition coefficient (Wildman–Crippen LogP) is 3.53. The normalized spacial score (nSPS) is 15.7. The number of halogens is 3. The van der Waals surface area contributed by atoms with E-state index < -0.39 is 10.0 Å². The van der Waals surface area contributed by atoms with Crippen LogP contribution in [0.4, 0.5) is 0 Å². The summed E-state index contributed by atoms with van der Waals surface area (Å²) in [5, 5.41) is 0.473. The van der Waals surface area contributed by atoms with Crippen molar-refractivity contribution in [3.05, 3.63) is 27.7 Å². The Morgan fingerprint density at radius 2 is 1.95 bits per heavy atom. The van der Waals surface area contributed by atoms with Gasteiger partial charge in [-0.1, -0.05) is 23.2 Å². The first kappa shape index (κ1) is 17.3. The molecule has 0 heterocycles. The molecule has 1 saturated carbocycles. The van der Waals surface area contributed by atoms with E-state index in [9.17, 15) is 8.42 Å². The molecule has 0 aliphatic heterocycles. The highest BCUT2D eigenvalue weighted by Crippen LogP contribution is 2.36. The summed E-state index contributed by atoms with van der Waals surface area (Å²) in [5.41, 5.74) is 0.545. The summed E-state index contributed by atoms with van der Waals surface area (Å²) in [6.07, 6.45) is 1.72. The van der Waals surface area contributed by atoms with Gasteiger partial charge in [-0.15, -0.1) is 11.6 Å². The fourth-order valence-electron chi connectivity index (χ4n) is 2.04. The first-order valence-electron chi connectivity index (χ1n) is 6.46. The zero-order valence-electron chi connectivity index (χ0n) is 11.5. The summed E-state index contributed by atoms with van der Waals surface area (Å²) in [5.74, 6) is 0.125. The predicted molar refractivity (Wildman–Crippen MR) is 84.8 cm³/mol. The number of nitrogens with zero attached hydrogens (tertiary/aromatic N) is 1. The molecule has 0 aromatic heterocycles. The number of methoxy groups -OCH3 is 1. The van der Waals surface area contributed by atoms with Gasteiger partial charge in [0.05, 0.1) is 11.6 Å². The van der Waals surface area contributed by atoms with Crippen molar-refractivity contribution in [2.75, 3.05) is 20.3 Å². The third-order valence-electron chi connectivity index (χ3n) is 3.30. The van der Waals surface area contributed by atoms with Crippen LogP contribution in [0.25, 0.3) is 0 Å². The molecule has 1 aliphatic rings. The standard InChI is InChI=1S/C13H16Cl3NO3S/c1-20-5-4-17(10-2-3-10)21(18,19)13-6-9(8-14)11(15)7-12(13)16/h6-7,10H,2-5,8H2,1H3. The molecule has 0 bridgehead atoms. The van der Waals surface area contributed by atoms with Gasteiger partial charge in [0.1, 0.15) is 4.90 Å². The highest BCUT2D eigenvalue weighted by atomic mass is 35.5. The van der Waals surface area contributed by atoms with Crippen LogP contribution in [0.2, 0.25) is 10.0 Å². The molecule has 0 saturated heterocycles. The van der Waals surface area contributed by atoms with Gasteiger partial charge in [-0.2, -0.15) is 4.31 Å². The van der Waals surface area contributed by atoms with Gasteiger partial charge in [-0.25, -0.2) is 8.42 Å². The van der Waals surface area contributed by atoms with Gasteiger partial charge < -0.3 is 4.74 Å². The average Bonchev–Trinajstić information content (AvgIpc) is 3.23. The number of benzene rings is 1. The van der Waals surface area contributed by atoms with E-state index in [1.165, 1.54) is 16.4 Å². The number of hydrogen-bond acceptors (Lipinski definition) is 3. The summed E-state index contributed by atoms with van der Waals surface area (Å²) in [4.78, 5) is 0.0484. The lowest BCUT2D eigenvalue weighted by Gasteiger charge is -2.22. The Balaban J connectivity index is 2.41. The highest BCUT2D eigenvalue weighted by molar-refractivity contribution is 7.89. The Kier molecular flexibility index (Phi) is 5.79. The molecule has 1 aliphatic carbocycles. The van der Waals surface area contributed by atoms with Crippen molar-refractivity contribution < 1.29 is 13.2 Å². The van der Waals surface area contributed by atoms with Gasteiger partial charge in [0.25, 0.3) is 0 Å². The number of rotatable bonds is 7. The molecule has 4 nitrogen and oxygen atoms in total. The maximum atomic E-state index is 12.8. The van der Waals surface area contributed by atoms with Crippen molar-refractivity contribution in [1.29, 1.82) is 0 Å². The van der Waals surface area contributed by atoms with E-state index in [0.29, 0.717) is 23.7 Å². The second-order valence-electron chi connectivity index (χ2n) is 4.85. The van der Waals surface area contributed by atoms with Crippen LogP contribution in [-0.4, -0.2) is 39.0 Å². The maximum Gasteiger partial charge on any atom is 0.244 e. The summed E-state index contributed by atoms with van der Waals surface area (Å²) >= 11 is 17.9. The molecule has 0 amide bonds. The minimum Gasteiger partial charge on any atom is -0.383 e. The van der Waals surface area contributed by atoms with Crippen molar-refractivity contribution >= 4 is 44.8 Å². The van der Waals surface area contributed by atoms with Gasteiger partial charge in [0.2, 0.25) is 10.0 Å². The smallest absolute Gasteiger partial charge is 0.244 e. The third kappa shape index (κ3) is 3.84. The van der Waals surface area contributed by atoms with Crippen LogP contribution in [0.3, 0.4) is 0 Å². The summed E-state index contributed by atoms with van der Waals surface area (Å²) in [6, 6.07) is 2.90. The summed E-state index contributed by atoms with van der Waals surface area (Å²) < 4.78 is 32.1. The van der Waals surface area contributed by atoms with E-state index in [1.54, 1.807) is 7.11 Å². The largest absolute Gasteiger partial charge is 0.383 e. The highest BCUT2D eigenvalue weighted by Gasteiger charge is 2.38. The van der Waals surface area contributed by atoms with Gasteiger partial charge in [0, 0.05) is 30.6 Å². The fourth-order valence-corrected chi connectivity index (χ4v) is 4.84. The molecular weight excluding hydrogens is 357 g/mol. The minimum absolute atomic E-state index is 0.0244. The molecule has 0 unspecified atom stereocenters. The lowest BCUT2D eigenvalue weighted by molar-refractivity contribution is 0.177. The zero-order chi connectivity index (χ0) is 15.6. The Morgan fingerprint density at radius 3 is 2.48 bits per heavy atom. The molecule has 1 fully saturated rings. The van der Waals surface area contributed by atoms with E-state index in [-0.39, 0.29) is 21.8 Å². The van der Waals surface area contributed by atoms with Crippen LogP contribution in [0, 0.1) is 0 Å². The summed E-state index contributed by atoms with van der Waals surface area (Å²) in [7, 11) is -2.15. The second kappa shape index (κ2) is 7.02. The quantitative estimate of drug-likeness (QED) is 0.688. The summed E-state index contributed by atoms with van der Waals surface area (Å²) in [6.45, 7) is 0.641. The van der Waals surface area contributed by atoms with Crippen LogP contribution in [0.5, 0.6) is 0 Å². The SMILES string of the molecule is COCCN(C1CC1)S(=O)(=O)c1cc(CCl)c(Cl)cc1Cl. The van der Waals surface area contributed by atoms with Crippen LogP contribution in [-0.2, 0) is 20.6 Å². The van der Waals surface area contributed by atoms with Crippen LogP contribution < -0.4 is 0 Å². The van der Waals surface area contributed by atoms with Crippen molar-refractivity contribution in [3.8, 4) is 0 Å². The molecule has 0 radical (unpaired) electrons. The van der Waals surface area contributed by atoms with Crippen molar-refractivity contribution in [2.45, 2.75) is 29.7 Å². The van der Waals surface area contributed by atoms with Gasteiger partial charge in [-0.05, 0) is 30.5 Å². The maximum absolute atomic E-state index is 12.8. The van der Waals surface area contributed by atoms with Gasteiger partial charge in [0.15, 0.2) is 0 Å². The Labute approximate surface area is 140 Å². The van der Waals surface area contributed by atoms with Crippen molar-refractivity contribution in [2.24, 2.45) is 0 Å². The number of alkyl halides is 1. The first-order chi connectivity index (χ1) is 9.91. The monoisotopic (exact) mass is 371 g/mol. The molecule has 0 atom stereocenters. The Hall–Kier alpha value is -0.0400. The fraction of sp³-hybridized carbons (Fsp3) is 0.538. The molecule has 21 heavy (non-hydrogen) atoms. The van der Waals surface area contributed by atoms with E-state index in [0.717, 1.165) is 12.8 Å².